The minimum absolute atomic E-state index is 0.386. The van der Waals surface area contributed by atoms with Gasteiger partial charge in [-0.05, 0) is 18.6 Å². The van der Waals surface area contributed by atoms with Gasteiger partial charge in [-0.2, -0.15) is 0 Å². The SMILES string of the molecule is Cc1nnc(-c2nnc(NCCCN(C)c3ccccc3)c3ccccc23)o1. The Morgan fingerprint density at radius 3 is 2.39 bits per heavy atom. The average molecular weight is 374 g/mol. The fourth-order valence-electron chi connectivity index (χ4n) is 3.12. The lowest BCUT2D eigenvalue weighted by Crippen LogP contribution is -2.21. The zero-order valence-corrected chi connectivity index (χ0v) is 16.0. The van der Waals surface area contributed by atoms with Gasteiger partial charge in [0.15, 0.2) is 11.5 Å². The molecule has 0 aliphatic heterocycles. The summed E-state index contributed by atoms with van der Waals surface area (Å²) in [4.78, 5) is 2.24. The van der Waals surface area contributed by atoms with Crippen LogP contribution >= 0.6 is 0 Å². The number of nitrogens with one attached hydrogen (secondary N) is 1. The maximum absolute atomic E-state index is 5.53. The molecule has 0 spiro atoms. The molecule has 7 heteroatoms. The second-order valence-corrected chi connectivity index (χ2v) is 6.61. The molecule has 4 rings (SSSR count). The number of para-hydroxylation sites is 1. The van der Waals surface area contributed by atoms with Gasteiger partial charge in [0, 0.05) is 43.5 Å². The van der Waals surface area contributed by atoms with Crippen molar-refractivity contribution in [3.63, 3.8) is 0 Å². The Hall–Kier alpha value is -3.48. The monoisotopic (exact) mass is 374 g/mol. The number of fused-ring (bicyclic) bond motifs is 1. The summed E-state index contributed by atoms with van der Waals surface area (Å²) < 4.78 is 5.53. The van der Waals surface area contributed by atoms with Crippen molar-refractivity contribution in [3.05, 3.63) is 60.5 Å². The quantitative estimate of drug-likeness (QED) is 0.491. The van der Waals surface area contributed by atoms with Gasteiger partial charge in [0.05, 0.1) is 0 Å². The third-order valence-electron chi connectivity index (χ3n) is 4.58. The van der Waals surface area contributed by atoms with Gasteiger partial charge in [0.2, 0.25) is 5.89 Å². The number of rotatable bonds is 7. The molecule has 0 saturated carbocycles. The Kier molecular flexibility index (Phi) is 5.14. The lowest BCUT2D eigenvalue weighted by atomic mass is 10.1. The summed E-state index contributed by atoms with van der Waals surface area (Å²) in [7, 11) is 2.10. The van der Waals surface area contributed by atoms with Crippen LogP contribution < -0.4 is 10.2 Å². The first kappa shape index (κ1) is 17.9. The molecule has 0 amide bonds. The highest BCUT2D eigenvalue weighted by molar-refractivity contribution is 5.98. The first-order valence-corrected chi connectivity index (χ1v) is 9.28. The van der Waals surface area contributed by atoms with Crippen LogP contribution in [0.5, 0.6) is 0 Å². The fraction of sp³-hybridized carbons (Fsp3) is 0.238. The van der Waals surface area contributed by atoms with Gasteiger partial charge in [-0.15, -0.1) is 20.4 Å². The van der Waals surface area contributed by atoms with Gasteiger partial charge in [-0.1, -0.05) is 42.5 Å². The zero-order chi connectivity index (χ0) is 19.3. The van der Waals surface area contributed by atoms with Crippen LogP contribution in [-0.2, 0) is 0 Å². The molecular formula is C21H22N6O. The van der Waals surface area contributed by atoms with E-state index in [1.165, 1.54) is 5.69 Å². The van der Waals surface area contributed by atoms with E-state index in [1.54, 1.807) is 6.92 Å². The summed E-state index contributed by atoms with van der Waals surface area (Å²) in [5, 5.41) is 22.0. The van der Waals surface area contributed by atoms with Gasteiger partial charge < -0.3 is 14.6 Å². The van der Waals surface area contributed by atoms with E-state index in [-0.39, 0.29) is 0 Å². The standard InChI is InChI=1S/C21H22N6O/c1-15-23-26-21(28-15)19-17-11-6-7-12-18(17)20(25-24-19)22-13-8-14-27(2)16-9-4-3-5-10-16/h3-7,9-12H,8,13-14H2,1-2H3,(H,22,25). The van der Waals surface area contributed by atoms with E-state index >= 15 is 0 Å². The number of hydrogen-bond donors (Lipinski definition) is 1. The van der Waals surface area contributed by atoms with E-state index in [1.807, 2.05) is 30.3 Å². The smallest absolute Gasteiger partial charge is 0.268 e. The maximum Gasteiger partial charge on any atom is 0.268 e. The molecule has 0 saturated heterocycles. The molecule has 2 heterocycles. The Morgan fingerprint density at radius 1 is 0.893 bits per heavy atom. The van der Waals surface area contributed by atoms with Crippen molar-refractivity contribution >= 4 is 22.3 Å². The van der Waals surface area contributed by atoms with E-state index in [9.17, 15) is 0 Å². The van der Waals surface area contributed by atoms with Gasteiger partial charge in [-0.3, -0.25) is 0 Å². The largest absolute Gasteiger partial charge is 0.420 e. The molecule has 0 fully saturated rings. The molecule has 0 aliphatic rings. The molecule has 28 heavy (non-hydrogen) atoms. The van der Waals surface area contributed by atoms with Crippen LogP contribution in [0.4, 0.5) is 11.5 Å². The van der Waals surface area contributed by atoms with E-state index in [2.05, 4.69) is 61.9 Å². The first-order valence-electron chi connectivity index (χ1n) is 9.28. The summed E-state index contributed by atoms with van der Waals surface area (Å²) in [6.07, 6.45) is 0.978. The number of anilines is 2. The van der Waals surface area contributed by atoms with E-state index < -0.39 is 0 Å². The molecule has 0 radical (unpaired) electrons. The van der Waals surface area contributed by atoms with Crippen LogP contribution in [0.1, 0.15) is 12.3 Å². The molecular weight excluding hydrogens is 352 g/mol. The van der Waals surface area contributed by atoms with E-state index in [4.69, 9.17) is 4.42 Å². The van der Waals surface area contributed by atoms with Crippen molar-refractivity contribution < 1.29 is 4.42 Å². The second kappa shape index (κ2) is 8.04. The number of nitrogens with zero attached hydrogens (tertiary/aromatic N) is 5. The molecule has 0 unspecified atom stereocenters. The predicted octanol–water partition coefficient (Wildman–Crippen LogP) is 3.93. The van der Waals surface area contributed by atoms with Gasteiger partial charge in [0.1, 0.15) is 0 Å². The van der Waals surface area contributed by atoms with Crippen LogP contribution in [0, 0.1) is 6.92 Å². The molecule has 7 nitrogen and oxygen atoms in total. The third kappa shape index (κ3) is 3.78. The van der Waals surface area contributed by atoms with Crippen LogP contribution in [0.3, 0.4) is 0 Å². The Balaban J connectivity index is 1.46. The van der Waals surface area contributed by atoms with Crippen LogP contribution in [0.2, 0.25) is 0 Å². The fourth-order valence-corrected chi connectivity index (χ4v) is 3.12. The summed E-state index contributed by atoms with van der Waals surface area (Å²) in [5.41, 5.74) is 1.82. The van der Waals surface area contributed by atoms with Crippen LogP contribution in [-0.4, -0.2) is 40.5 Å². The number of aryl methyl sites for hydroxylation is 1. The Labute approximate surface area is 163 Å². The second-order valence-electron chi connectivity index (χ2n) is 6.61. The van der Waals surface area contributed by atoms with Gasteiger partial charge >= 0.3 is 0 Å². The van der Waals surface area contributed by atoms with Gasteiger partial charge in [0.25, 0.3) is 5.89 Å². The molecule has 2 aromatic carbocycles. The Bertz CT molecular complexity index is 1060. The number of hydrogen-bond acceptors (Lipinski definition) is 7. The summed E-state index contributed by atoms with van der Waals surface area (Å²) in [6.45, 7) is 3.51. The van der Waals surface area contributed by atoms with Crippen molar-refractivity contribution in [2.75, 3.05) is 30.4 Å². The number of aromatic nitrogens is 4. The van der Waals surface area contributed by atoms with Gasteiger partial charge in [-0.25, -0.2) is 0 Å². The zero-order valence-electron chi connectivity index (χ0n) is 16.0. The summed E-state index contributed by atoms with van der Waals surface area (Å²) in [5.74, 6) is 1.65. The topological polar surface area (TPSA) is 80.0 Å². The molecule has 4 aromatic rings. The minimum Gasteiger partial charge on any atom is -0.420 e. The average Bonchev–Trinajstić information content (AvgIpc) is 3.17. The van der Waals surface area contributed by atoms with E-state index in [0.29, 0.717) is 17.5 Å². The van der Waals surface area contributed by atoms with Crippen LogP contribution in [0.15, 0.2) is 59.0 Å². The molecule has 1 N–H and O–H groups in total. The van der Waals surface area contributed by atoms with Crippen LogP contribution in [0.25, 0.3) is 22.4 Å². The highest BCUT2D eigenvalue weighted by Crippen LogP contribution is 2.28. The van der Waals surface area contributed by atoms with Crippen molar-refractivity contribution in [1.29, 1.82) is 0 Å². The summed E-state index contributed by atoms with van der Waals surface area (Å²) >= 11 is 0. The molecule has 0 bridgehead atoms. The summed E-state index contributed by atoms with van der Waals surface area (Å²) in [6, 6.07) is 18.3. The van der Waals surface area contributed by atoms with Crippen molar-refractivity contribution in [2.24, 2.45) is 0 Å². The Morgan fingerprint density at radius 2 is 1.64 bits per heavy atom. The van der Waals surface area contributed by atoms with Crippen molar-refractivity contribution in [2.45, 2.75) is 13.3 Å². The normalized spacial score (nSPS) is 10.9. The lowest BCUT2D eigenvalue weighted by Gasteiger charge is -2.19. The van der Waals surface area contributed by atoms with Crippen molar-refractivity contribution in [1.82, 2.24) is 20.4 Å². The van der Waals surface area contributed by atoms with Crippen molar-refractivity contribution in [3.8, 4) is 11.6 Å². The molecule has 0 atom stereocenters. The highest BCUT2D eigenvalue weighted by atomic mass is 16.4. The highest BCUT2D eigenvalue weighted by Gasteiger charge is 2.15. The first-order chi connectivity index (χ1) is 13.7. The minimum atomic E-state index is 0.386. The third-order valence-corrected chi connectivity index (χ3v) is 4.58. The lowest BCUT2D eigenvalue weighted by molar-refractivity contribution is 0.531. The molecule has 0 aliphatic carbocycles. The molecule has 142 valence electrons. The van der Waals surface area contributed by atoms with E-state index in [0.717, 1.165) is 36.1 Å². The molecule has 2 aromatic heterocycles. The predicted molar refractivity (Wildman–Crippen MR) is 110 cm³/mol. The maximum atomic E-state index is 5.53. The number of benzene rings is 2.